The Balaban J connectivity index is 1.48. The van der Waals surface area contributed by atoms with Gasteiger partial charge in [-0.05, 0) is 84.8 Å². The Kier molecular flexibility index (Phi) is 7.77. The van der Waals surface area contributed by atoms with Crippen LogP contribution in [0.25, 0.3) is 0 Å². The fraction of sp³-hybridized carbons (Fsp3) is 0.216. The highest BCUT2D eigenvalue weighted by Gasteiger charge is 2.50. The molecule has 0 fully saturated rings. The number of amides is 1. The van der Waals surface area contributed by atoms with Crippen molar-refractivity contribution in [3.8, 4) is 40.9 Å². The number of aliphatic hydroxyl groups excluding tert-OH is 2. The van der Waals surface area contributed by atoms with E-state index in [1.54, 1.807) is 68.8 Å². The number of Topliss-reactive ketones (excluding diaryl/α,β-unsaturated/α-hetero) is 2. The van der Waals surface area contributed by atoms with Crippen LogP contribution in [-0.2, 0) is 16.0 Å². The van der Waals surface area contributed by atoms with E-state index >= 15 is 0 Å². The van der Waals surface area contributed by atoms with Gasteiger partial charge in [0.05, 0.1) is 31.3 Å². The van der Waals surface area contributed by atoms with Crippen molar-refractivity contribution in [2.24, 2.45) is 23.5 Å². The van der Waals surface area contributed by atoms with Gasteiger partial charge in [-0.3, -0.25) is 14.4 Å². The Labute approximate surface area is 265 Å². The number of ether oxygens (including phenoxy) is 2. The summed E-state index contributed by atoms with van der Waals surface area (Å²) in [5.41, 5.74) is 7.21. The van der Waals surface area contributed by atoms with Crippen LogP contribution >= 0.6 is 0 Å². The van der Waals surface area contributed by atoms with E-state index in [0.29, 0.717) is 33.8 Å². The van der Waals surface area contributed by atoms with E-state index in [-0.39, 0.29) is 41.7 Å². The highest BCUT2D eigenvalue weighted by molar-refractivity contribution is 6.22. The summed E-state index contributed by atoms with van der Waals surface area (Å²) < 4.78 is 10.4. The van der Waals surface area contributed by atoms with Gasteiger partial charge in [0.1, 0.15) is 34.3 Å². The standard InChI is InChI=1S/C37H29NO8/c1-45-25-11-5-19(6-12-25)3-9-21-15-22(10-4-20-7-13-26(46-2)14-8-20)33(40)31-27(21)17-23-16-24-18-28(39)32(37(38)44)36(43)30(24)34(41)29(23)35(31)42/h5-8,11-15,23-24,30,39-41H,16-18H2,1-2H3,(H2,38,44). The maximum Gasteiger partial charge on any atom is 0.255 e. The second-order valence-electron chi connectivity index (χ2n) is 11.4. The molecule has 0 bridgehead atoms. The summed E-state index contributed by atoms with van der Waals surface area (Å²) in [5.74, 6) is 7.48. The van der Waals surface area contributed by atoms with Crippen LogP contribution in [0.2, 0.25) is 0 Å². The molecule has 230 valence electrons. The summed E-state index contributed by atoms with van der Waals surface area (Å²) in [4.78, 5) is 39.3. The lowest BCUT2D eigenvalue weighted by Gasteiger charge is -2.41. The number of benzene rings is 3. The normalized spacial score (nSPS) is 19.9. The minimum Gasteiger partial charge on any atom is -0.511 e. The molecule has 0 heterocycles. The van der Waals surface area contributed by atoms with Crippen LogP contribution in [0.15, 0.2) is 77.3 Å². The zero-order chi connectivity index (χ0) is 32.7. The van der Waals surface area contributed by atoms with Crippen molar-refractivity contribution in [1.29, 1.82) is 0 Å². The molecule has 3 atom stereocenters. The maximum absolute atomic E-state index is 14.2. The first kappa shape index (κ1) is 30.1. The third kappa shape index (κ3) is 5.22. The smallest absolute Gasteiger partial charge is 0.255 e. The average Bonchev–Trinajstić information content (AvgIpc) is 3.03. The van der Waals surface area contributed by atoms with E-state index in [1.165, 1.54) is 0 Å². The molecule has 0 radical (unpaired) electrons. The van der Waals surface area contributed by atoms with Crippen LogP contribution in [0.4, 0.5) is 0 Å². The molecule has 5 N–H and O–H groups in total. The fourth-order valence-corrected chi connectivity index (χ4v) is 6.54. The predicted octanol–water partition coefficient (Wildman–Crippen LogP) is 4.28. The number of methoxy groups -OCH3 is 2. The van der Waals surface area contributed by atoms with Gasteiger partial charge >= 0.3 is 0 Å². The van der Waals surface area contributed by atoms with E-state index < -0.39 is 52.3 Å². The van der Waals surface area contributed by atoms with Gasteiger partial charge in [-0.15, -0.1) is 0 Å². The zero-order valence-electron chi connectivity index (χ0n) is 25.0. The van der Waals surface area contributed by atoms with E-state index in [2.05, 4.69) is 23.7 Å². The molecule has 0 saturated heterocycles. The summed E-state index contributed by atoms with van der Waals surface area (Å²) in [6.07, 6.45) is 0.471. The van der Waals surface area contributed by atoms with Crippen molar-refractivity contribution in [1.82, 2.24) is 0 Å². The lowest BCUT2D eigenvalue weighted by atomic mass is 9.62. The van der Waals surface area contributed by atoms with E-state index in [4.69, 9.17) is 15.2 Å². The van der Waals surface area contributed by atoms with Gasteiger partial charge < -0.3 is 30.5 Å². The number of hydrogen-bond donors (Lipinski definition) is 4. The molecule has 3 unspecified atom stereocenters. The minimum absolute atomic E-state index is 0.00284. The van der Waals surface area contributed by atoms with Crippen molar-refractivity contribution in [2.45, 2.75) is 19.3 Å². The van der Waals surface area contributed by atoms with Crippen LogP contribution in [0.5, 0.6) is 17.2 Å². The highest BCUT2D eigenvalue weighted by atomic mass is 16.5. The molecule has 9 heteroatoms. The number of allylic oxidation sites excluding steroid dienone is 3. The van der Waals surface area contributed by atoms with E-state index in [0.717, 1.165) is 0 Å². The molecule has 1 amide bonds. The summed E-state index contributed by atoms with van der Waals surface area (Å²) in [5, 5.41) is 33.3. The third-order valence-corrected chi connectivity index (χ3v) is 8.75. The van der Waals surface area contributed by atoms with Gasteiger partial charge in [0, 0.05) is 28.7 Å². The Morgan fingerprint density at radius 3 is 1.93 bits per heavy atom. The number of carbonyl (C=O) groups excluding carboxylic acids is 3. The molecule has 0 aliphatic heterocycles. The van der Waals surface area contributed by atoms with Crippen LogP contribution in [0.1, 0.15) is 51.0 Å². The molecule has 0 aromatic heterocycles. The Morgan fingerprint density at radius 1 is 0.826 bits per heavy atom. The first-order valence-electron chi connectivity index (χ1n) is 14.6. The topological polar surface area (TPSA) is 156 Å². The molecular weight excluding hydrogens is 586 g/mol. The van der Waals surface area contributed by atoms with Crippen molar-refractivity contribution in [2.75, 3.05) is 14.2 Å². The summed E-state index contributed by atoms with van der Waals surface area (Å²) in [6.45, 7) is 0. The largest absolute Gasteiger partial charge is 0.511 e. The highest BCUT2D eigenvalue weighted by Crippen LogP contribution is 2.50. The predicted molar refractivity (Wildman–Crippen MR) is 167 cm³/mol. The Bertz CT molecular complexity index is 2000. The number of primary amides is 1. The van der Waals surface area contributed by atoms with Gasteiger partial charge in [0.25, 0.3) is 5.91 Å². The molecule has 6 rings (SSSR count). The second kappa shape index (κ2) is 11.9. The SMILES string of the molecule is COc1ccc(C#Cc2cc(C#Cc3ccc(OC)cc3)c3c(c2O)C(=O)C2=C(O)C4C(=O)C(C(N)=O)=C(O)CC4CC2C3)cc1. The first-order chi connectivity index (χ1) is 22.1. The summed E-state index contributed by atoms with van der Waals surface area (Å²) in [7, 11) is 3.13. The monoisotopic (exact) mass is 615 g/mol. The molecule has 3 aliphatic carbocycles. The van der Waals surface area contributed by atoms with Gasteiger partial charge in [-0.25, -0.2) is 0 Å². The molecule has 3 aromatic carbocycles. The zero-order valence-corrected chi connectivity index (χ0v) is 25.0. The molecule has 0 saturated carbocycles. The number of aromatic hydroxyl groups is 1. The van der Waals surface area contributed by atoms with E-state index in [1.807, 2.05) is 0 Å². The van der Waals surface area contributed by atoms with Crippen molar-refractivity contribution in [3.63, 3.8) is 0 Å². The van der Waals surface area contributed by atoms with Gasteiger partial charge in [0.2, 0.25) is 0 Å². The number of ketones is 2. The molecular formula is C37H29NO8. The van der Waals surface area contributed by atoms with Crippen LogP contribution in [0, 0.1) is 41.4 Å². The number of fused-ring (bicyclic) bond motifs is 3. The number of rotatable bonds is 3. The summed E-state index contributed by atoms with van der Waals surface area (Å²) in [6, 6.07) is 15.8. The quantitative estimate of drug-likeness (QED) is 0.251. The average molecular weight is 616 g/mol. The Hall–Kier alpha value is -5.93. The van der Waals surface area contributed by atoms with Crippen LogP contribution < -0.4 is 15.2 Å². The van der Waals surface area contributed by atoms with Crippen LogP contribution in [0.3, 0.4) is 0 Å². The molecule has 46 heavy (non-hydrogen) atoms. The molecule has 3 aromatic rings. The molecule has 0 spiro atoms. The fourth-order valence-electron chi connectivity index (χ4n) is 6.54. The lowest BCUT2D eigenvalue weighted by molar-refractivity contribution is -0.126. The van der Waals surface area contributed by atoms with Crippen LogP contribution in [-0.4, -0.2) is 47.0 Å². The molecule has 3 aliphatic rings. The maximum atomic E-state index is 14.2. The number of hydrogen-bond acceptors (Lipinski definition) is 8. The van der Waals surface area contributed by atoms with Gasteiger partial charge in [0.15, 0.2) is 11.6 Å². The van der Waals surface area contributed by atoms with Crippen molar-refractivity contribution < 1.29 is 39.2 Å². The molecule has 9 nitrogen and oxygen atoms in total. The first-order valence-corrected chi connectivity index (χ1v) is 14.6. The number of aliphatic hydroxyl groups is 2. The third-order valence-electron chi connectivity index (χ3n) is 8.75. The Morgan fingerprint density at radius 2 is 1.39 bits per heavy atom. The number of phenolic OH excluding ortho intramolecular Hbond substituents is 1. The second-order valence-corrected chi connectivity index (χ2v) is 11.4. The minimum atomic E-state index is -1.20. The number of nitrogens with two attached hydrogens (primary N) is 1. The lowest BCUT2D eigenvalue weighted by Crippen LogP contribution is -2.43. The van der Waals surface area contributed by atoms with Gasteiger partial charge in [-0.1, -0.05) is 23.7 Å². The number of carbonyl (C=O) groups is 3. The van der Waals surface area contributed by atoms with Crippen molar-refractivity contribution >= 4 is 17.5 Å². The van der Waals surface area contributed by atoms with E-state index in [9.17, 15) is 29.7 Å². The number of phenols is 1. The van der Waals surface area contributed by atoms with Gasteiger partial charge in [-0.2, -0.15) is 0 Å². The summed E-state index contributed by atoms with van der Waals surface area (Å²) >= 11 is 0. The van der Waals surface area contributed by atoms with Crippen molar-refractivity contribution in [3.05, 3.63) is 111 Å².